The minimum atomic E-state index is -3.05. The van der Waals surface area contributed by atoms with Crippen LogP contribution in [0.15, 0.2) is 47.5 Å². The van der Waals surface area contributed by atoms with Gasteiger partial charge in [-0.2, -0.15) is 5.10 Å². The van der Waals surface area contributed by atoms with Gasteiger partial charge in [0.25, 0.3) is 0 Å². The smallest absolute Gasteiger partial charge is 0.338 e. The summed E-state index contributed by atoms with van der Waals surface area (Å²) in [5, 5.41) is 22.3. The topological polar surface area (TPSA) is 106 Å². The number of fused-ring (bicyclic) bond motifs is 1. The largest absolute Gasteiger partial charge is 0.387 e. The van der Waals surface area contributed by atoms with Crippen molar-refractivity contribution < 1.29 is 14.1 Å². The molecule has 0 aliphatic carbocycles. The van der Waals surface area contributed by atoms with Crippen LogP contribution in [0.5, 0.6) is 0 Å². The first-order valence-electron chi connectivity index (χ1n) is 13.5. The van der Waals surface area contributed by atoms with Crippen LogP contribution in [0.2, 0.25) is 0 Å². The van der Waals surface area contributed by atoms with Gasteiger partial charge in [0.1, 0.15) is 24.6 Å². The molecule has 1 aliphatic rings. The van der Waals surface area contributed by atoms with E-state index in [9.17, 15) is 18.9 Å². The maximum absolute atomic E-state index is 14.5. The Morgan fingerprint density at radius 3 is 2.44 bits per heavy atom. The molecule has 2 unspecified atom stereocenters. The van der Waals surface area contributed by atoms with Crippen LogP contribution in [-0.2, 0) is 11.0 Å². The predicted molar refractivity (Wildman–Crippen MR) is 164 cm³/mol. The Morgan fingerprint density at radius 2 is 1.83 bits per heavy atom. The SMILES string of the molecule is CCP(=O)(c1ccc(-n2ccn(-c3c4c(nn3-c3cc(C)c(F)c(C)c3)CCN[C@H]4C)c2=O)cc1NC)C(C)O.Cl. The van der Waals surface area contributed by atoms with Crippen molar-refractivity contribution >= 4 is 30.5 Å². The van der Waals surface area contributed by atoms with E-state index in [1.165, 1.54) is 4.57 Å². The third-order valence-corrected chi connectivity index (χ3v) is 11.3. The Balaban J connectivity index is 0.00000387. The van der Waals surface area contributed by atoms with Gasteiger partial charge in [0.2, 0.25) is 0 Å². The molecule has 5 rings (SSSR count). The monoisotopic (exact) mass is 602 g/mol. The second-order valence-corrected chi connectivity index (χ2v) is 13.9. The number of nitrogens with one attached hydrogen (secondary N) is 2. The first-order valence-corrected chi connectivity index (χ1v) is 15.5. The van der Waals surface area contributed by atoms with Crippen LogP contribution < -0.4 is 21.6 Å². The zero-order valence-electron chi connectivity index (χ0n) is 24.1. The lowest BCUT2D eigenvalue weighted by Crippen LogP contribution is -2.30. The van der Waals surface area contributed by atoms with E-state index < -0.39 is 13.0 Å². The first kappa shape index (κ1) is 30.8. The van der Waals surface area contributed by atoms with E-state index in [2.05, 4.69) is 10.6 Å². The Labute approximate surface area is 245 Å². The number of halogens is 2. The van der Waals surface area contributed by atoms with E-state index in [1.807, 2.05) is 6.92 Å². The van der Waals surface area contributed by atoms with E-state index in [1.54, 1.807) is 86.7 Å². The number of aromatic nitrogens is 4. The molecule has 3 atom stereocenters. The summed E-state index contributed by atoms with van der Waals surface area (Å²) in [6.07, 6.45) is 4.43. The molecule has 2 aromatic carbocycles. The molecule has 0 radical (unpaired) electrons. The highest BCUT2D eigenvalue weighted by atomic mass is 35.5. The van der Waals surface area contributed by atoms with Crippen molar-refractivity contribution in [3.8, 4) is 17.2 Å². The number of anilines is 1. The molecule has 0 fully saturated rings. The summed E-state index contributed by atoms with van der Waals surface area (Å²) in [7, 11) is -1.33. The van der Waals surface area contributed by atoms with Crippen molar-refractivity contribution in [2.45, 2.75) is 52.9 Å². The number of nitrogens with zero attached hydrogens (tertiary/aromatic N) is 4. The van der Waals surface area contributed by atoms with Crippen LogP contribution in [-0.4, -0.2) is 49.6 Å². The third-order valence-electron chi connectivity index (χ3n) is 7.90. The maximum Gasteiger partial charge on any atom is 0.338 e. The van der Waals surface area contributed by atoms with E-state index in [0.29, 0.717) is 51.9 Å². The maximum atomic E-state index is 14.5. The Kier molecular flexibility index (Phi) is 8.71. The lowest BCUT2D eigenvalue weighted by Gasteiger charge is -2.23. The molecule has 9 nitrogen and oxygen atoms in total. The molecule has 41 heavy (non-hydrogen) atoms. The van der Waals surface area contributed by atoms with Crippen LogP contribution in [0.1, 0.15) is 49.2 Å². The van der Waals surface area contributed by atoms with Crippen LogP contribution in [0.3, 0.4) is 0 Å². The molecule has 1 aliphatic heterocycles. The standard InChI is InChI=1S/C29H36FN6O3P.ClH/c1-7-40(39,20(5)37)25-9-8-21(16-24(25)31-6)34-12-13-35(29(34)38)28-26-19(4)32-11-10-23(26)33-36(28)22-14-17(2)27(30)18(3)15-22;/h8-9,12-16,19-20,31-32,37H,7,10-11H2,1-6H3;1H/t19-,20?,40?;/m0./s1. The number of rotatable bonds is 7. The van der Waals surface area contributed by atoms with Gasteiger partial charge in [-0.3, -0.25) is 9.13 Å². The van der Waals surface area contributed by atoms with Gasteiger partial charge in [0.05, 0.1) is 17.1 Å². The fourth-order valence-electron chi connectivity index (χ4n) is 5.63. The van der Waals surface area contributed by atoms with Gasteiger partial charge in [-0.1, -0.05) is 6.92 Å². The van der Waals surface area contributed by atoms with Crippen molar-refractivity contribution in [2.75, 3.05) is 25.1 Å². The zero-order valence-corrected chi connectivity index (χ0v) is 25.8. The molecule has 0 spiro atoms. The van der Waals surface area contributed by atoms with Crippen LogP contribution in [0, 0.1) is 19.7 Å². The minimum Gasteiger partial charge on any atom is -0.387 e. The average Bonchev–Trinajstić information content (AvgIpc) is 3.51. The van der Waals surface area contributed by atoms with E-state index >= 15 is 0 Å². The Morgan fingerprint density at radius 1 is 1.17 bits per heavy atom. The van der Waals surface area contributed by atoms with Crippen LogP contribution in [0.25, 0.3) is 17.2 Å². The van der Waals surface area contributed by atoms with E-state index in [0.717, 1.165) is 17.8 Å². The molecule has 12 heteroatoms. The quantitative estimate of drug-likeness (QED) is 0.267. The van der Waals surface area contributed by atoms with Gasteiger partial charge in [-0.15, -0.1) is 12.4 Å². The number of hydrogen-bond donors (Lipinski definition) is 3. The van der Waals surface area contributed by atoms with Crippen molar-refractivity contribution in [3.05, 3.63) is 81.4 Å². The Hall–Kier alpha value is -3.17. The number of aryl methyl sites for hydroxylation is 2. The molecule has 3 N–H and O–H groups in total. The van der Waals surface area contributed by atoms with Gasteiger partial charge < -0.3 is 20.3 Å². The zero-order chi connectivity index (χ0) is 28.9. The molecule has 3 heterocycles. The first-order chi connectivity index (χ1) is 19.0. The van der Waals surface area contributed by atoms with Gasteiger partial charge in [-0.05, 0) is 69.2 Å². The summed E-state index contributed by atoms with van der Waals surface area (Å²) in [6.45, 7) is 9.61. The molecular formula is C29H37ClFN6O3P. The molecule has 0 amide bonds. The Bertz CT molecular complexity index is 1690. The summed E-state index contributed by atoms with van der Waals surface area (Å²) < 4.78 is 32.9. The highest BCUT2D eigenvalue weighted by Crippen LogP contribution is 2.49. The van der Waals surface area contributed by atoms with Crippen LogP contribution in [0.4, 0.5) is 10.1 Å². The summed E-state index contributed by atoms with van der Waals surface area (Å²) in [5.41, 5.74) is 4.40. The summed E-state index contributed by atoms with van der Waals surface area (Å²) in [5.74, 6) is -0.633. The lowest BCUT2D eigenvalue weighted by molar-refractivity contribution is 0.269. The van der Waals surface area contributed by atoms with Crippen molar-refractivity contribution in [1.29, 1.82) is 0 Å². The highest BCUT2D eigenvalue weighted by Gasteiger charge is 2.32. The molecule has 2 aromatic heterocycles. The average molecular weight is 603 g/mol. The number of aliphatic hydroxyl groups excluding tert-OH is 1. The summed E-state index contributed by atoms with van der Waals surface area (Å²) in [6, 6.07) is 8.70. The number of aliphatic hydroxyl groups is 1. The third kappa shape index (κ3) is 5.07. The molecule has 220 valence electrons. The molecule has 0 bridgehead atoms. The van der Waals surface area contributed by atoms with Gasteiger partial charge in [-0.25, -0.2) is 13.9 Å². The molecule has 0 saturated carbocycles. The summed E-state index contributed by atoms with van der Waals surface area (Å²) in [4.78, 5) is 14.0. The van der Waals surface area contributed by atoms with Crippen molar-refractivity contribution in [2.24, 2.45) is 0 Å². The number of benzene rings is 2. The highest BCUT2D eigenvalue weighted by molar-refractivity contribution is 7.72. The predicted octanol–water partition coefficient (Wildman–Crippen LogP) is 4.59. The van der Waals surface area contributed by atoms with Gasteiger partial charge >= 0.3 is 5.69 Å². The molecule has 0 saturated heterocycles. The fourth-order valence-corrected chi connectivity index (χ4v) is 7.82. The lowest BCUT2D eigenvalue weighted by atomic mass is 10.0. The normalized spacial score (nSPS) is 16.9. The van der Waals surface area contributed by atoms with Gasteiger partial charge in [0.15, 0.2) is 0 Å². The molecule has 4 aromatic rings. The van der Waals surface area contributed by atoms with Crippen LogP contribution >= 0.6 is 19.5 Å². The molecular weight excluding hydrogens is 566 g/mol. The van der Waals surface area contributed by atoms with E-state index in [-0.39, 0.29) is 30.0 Å². The second kappa shape index (κ2) is 11.6. The van der Waals surface area contributed by atoms with Crippen molar-refractivity contribution in [1.82, 2.24) is 24.2 Å². The van der Waals surface area contributed by atoms with E-state index in [4.69, 9.17) is 5.10 Å². The second-order valence-electron chi connectivity index (χ2n) is 10.4. The number of imidazole rings is 1. The number of hydrogen-bond acceptors (Lipinski definition) is 6. The minimum absolute atomic E-state index is 0. The fraction of sp³-hybridized carbons (Fsp3) is 0.379. The summed E-state index contributed by atoms with van der Waals surface area (Å²) >= 11 is 0. The van der Waals surface area contributed by atoms with Crippen molar-refractivity contribution in [3.63, 3.8) is 0 Å². The van der Waals surface area contributed by atoms with Gasteiger partial charge in [0, 0.05) is 61.2 Å².